The molecule has 5 aromatic rings. The smallest absolute Gasteiger partial charge is 0.216 e. The van der Waals surface area contributed by atoms with Crippen LogP contribution in [0.4, 0.5) is 0 Å². The van der Waals surface area contributed by atoms with Crippen LogP contribution in [0.15, 0.2) is 138 Å². The summed E-state index contributed by atoms with van der Waals surface area (Å²) >= 11 is 0. The molecule has 5 rings (SSSR count). The Hall–Kier alpha value is -4.22. The average Bonchev–Trinajstić information content (AvgIpc) is 2.94. The first-order valence-electron chi connectivity index (χ1n) is 11.7. The highest BCUT2D eigenvalue weighted by Gasteiger charge is 2.30. The predicted molar refractivity (Wildman–Crippen MR) is 143 cm³/mol. The highest BCUT2D eigenvalue weighted by Crippen LogP contribution is 2.30. The van der Waals surface area contributed by atoms with E-state index in [9.17, 15) is 8.42 Å². The number of sulfone groups is 1. The molecule has 4 nitrogen and oxygen atoms in total. The van der Waals surface area contributed by atoms with E-state index in [0.29, 0.717) is 5.69 Å². The number of rotatable bonds is 8. The fourth-order valence-electron chi connectivity index (χ4n) is 4.04. The van der Waals surface area contributed by atoms with E-state index in [1.54, 1.807) is 36.4 Å². The average molecular weight is 492 g/mol. The van der Waals surface area contributed by atoms with Crippen molar-refractivity contribution >= 4 is 9.84 Å². The Balaban J connectivity index is 1.59. The molecule has 0 amide bonds. The summed E-state index contributed by atoms with van der Waals surface area (Å²) in [4.78, 5) is 4.95. The summed E-state index contributed by atoms with van der Waals surface area (Å²) in [6.45, 7) is 0. The lowest BCUT2D eigenvalue weighted by Crippen LogP contribution is -2.30. The summed E-state index contributed by atoms with van der Waals surface area (Å²) in [5, 5.41) is 0. The second-order valence-electron chi connectivity index (χ2n) is 8.41. The Morgan fingerprint density at radius 1 is 0.611 bits per heavy atom. The van der Waals surface area contributed by atoms with Crippen LogP contribution >= 0.6 is 0 Å². The minimum atomic E-state index is -3.81. The van der Waals surface area contributed by atoms with E-state index in [0.717, 1.165) is 22.3 Å². The van der Waals surface area contributed by atoms with E-state index in [2.05, 4.69) is 0 Å². The van der Waals surface area contributed by atoms with Crippen LogP contribution in [-0.4, -0.2) is 18.8 Å². The number of hydrogen-bond donors (Lipinski definition) is 0. The monoisotopic (exact) mass is 491 g/mol. The number of ether oxygens (including phenoxy) is 1. The molecule has 4 aromatic carbocycles. The van der Waals surface area contributed by atoms with Crippen LogP contribution in [0.2, 0.25) is 0 Å². The molecule has 0 saturated carbocycles. The van der Waals surface area contributed by atoms with Crippen LogP contribution in [-0.2, 0) is 16.3 Å². The number of aromatic nitrogens is 1. The van der Waals surface area contributed by atoms with Gasteiger partial charge in [-0.1, -0.05) is 109 Å². The SMILES string of the molecule is O=S(=O)(c1ccccc1)C(Cc1ccccc1)Oc1cc(-c2ccccc2)cc(-c2ccccc2)n1. The largest absolute Gasteiger partial charge is 0.457 e. The molecule has 0 radical (unpaired) electrons. The van der Waals surface area contributed by atoms with E-state index in [4.69, 9.17) is 9.72 Å². The Morgan fingerprint density at radius 2 is 1.14 bits per heavy atom. The molecular formula is C31H25NO3S. The highest BCUT2D eigenvalue weighted by molar-refractivity contribution is 7.92. The zero-order chi connectivity index (χ0) is 24.8. The molecule has 178 valence electrons. The van der Waals surface area contributed by atoms with Crippen LogP contribution in [0, 0.1) is 0 Å². The normalized spacial score (nSPS) is 12.1. The van der Waals surface area contributed by atoms with E-state index in [-0.39, 0.29) is 17.2 Å². The fourth-order valence-corrected chi connectivity index (χ4v) is 5.51. The summed E-state index contributed by atoms with van der Waals surface area (Å²) in [6, 6.07) is 41.4. The van der Waals surface area contributed by atoms with Crippen molar-refractivity contribution in [3.8, 4) is 28.3 Å². The molecule has 1 atom stereocenters. The van der Waals surface area contributed by atoms with Crippen LogP contribution in [0.25, 0.3) is 22.4 Å². The van der Waals surface area contributed by atoms with Gasteiger partial charge in [-0.2, -0.15) is 0 Å². The Morgan fingerprint density at radius 3 is 1.75 bits per heavy atom. The van der Waals surface area contributed by atoms with Crippen LogP contribution in [0.3, 0.4) is 0 Å². The van der Waals surface area contributed by atoms with Crippen molar-refractivity contribution in [2.45, 2.75) is 16.8 Å². The number of benzene rings is 4. The van der Waals surface area contributed by atoms with Crippen molar-refractivity contribution in [1.29, 1.82) is 0 Å². The molecule has 0 spiro atoms. The summed E-state index contributed by atoms with van der Waals surface area (Å²) < 4.78 is 33.7. The maximum absolute atomic E-state index is 13.7. The van der Waals surface area contributed by atoms with E-state index >= 15 is 0 Å². The summed E-state index contributed by atoms with van der Waals surface area (Å²) in [7, 11) is -3.81. The van der Waals surface area contributed by atoms with Gasteiger partial charge in [-0.05, 0) is 34.9 Å². The van der Waals surface area contributed by atoms with E-state index < -0.39 is 15.3 Å². The first-order valence-corrected chi connectivity index (χ1v) is 13.3. The Labute approximate surface area is 211 Å². The molecule has 0 aliphatic carbocycles. The lowest BCUT2D eigenvalue weighted by Gasteiger charge is -2.20. The molecule has 0 fully saturated rings. The van der Waals surface area contributed by atoms with Gasteiger partial charge in [0.05, 0.1) is 10.6 Å². The third kappa shape index (κ3) is 5.37. The molecule has 1 unspecified atom stereocenters. The summed E-state index contributed by atoms with van der Waals surface area (Å²) in [5.41, 5.74) is 3.24. The van der Waals surface area contributed by atoms with Gasteiger partial charge in [-0.3, -0.25) is 0 Å². The fraction of sp³-hybridized carbons (Fsp3) is 0.0645. The Kier molecular flexibility index (Phi) is 6.92. The first kappa shape index (κ1) is 23.5. The van der Waals surface area contributed by atoms with Gasteiger partial charge >= 0.3 is 0 Å². The van der Waals surface area contributed by atoms with Crippen molar-refractivity contribution < 1.29 is 13.2 Å². The van der Waals surface area contributed by atoms with E-state index in [1.165, 1.54) is 0 Å². The predicted octanol–water partition coefficient (Wildman–Crippen LogP) is 6.84. The quantitative estimate of drug-likeness (QED) is 0.239. The lowest BCUT2D eigenvalue weighted by molar-refractivity contribution is 0.263. The maximum atomic E-state index is 13.7. The van der Waals surface area contributed by atoms with Crippen molar-refractivity contribution in [2.75, 3.05) is 0 Å². The van der Waals surface area contributed by atoms with E-state index in [1.807, 2.05) is 97.1 Å². The number of nitrogens with zero attached hydrogens (tertiary/aromatic N) is 1. The van der Waals surface area contributed by atoms with Gasteiger partial charge in [0.15, 0.2) is 0 Å². The molecule has 0 bridgehead atoms. The van der Waals surface area contributed by atoms with Gasteiger partial charge < -0.3 is 4.74 Å². The van der Waals surface area contributed by atoms with Gasteiger partial charge in [0, 0.05) is 18.1 Å². The topological polar surface area (TPSA) is 56.3 Å². The van der Waals surface area contributed by atoms with Crippen LogP contribution in [0.5, 0.6) is 5.88 Å². The summed E-state index contributed by atoms with van der Waals surface area (Å²) in [5.74, 6) is 0.260. The van der Waals surface area contributed by atoms with Gasteiger partial charge in [-0.15, -0.1) is 0 Å². The maximum Gasteiger partial charge on any atom is 0.216 e. The second kappa shape index (κ2) is 10.6. The van der Waals surface area contributed by atoms with Crippen LogP contribution < -0.4 is 4.74 Å². The van der Waals surface area contributed by atoms with Crippen molar-refractivity contribution in [3.05, 3.63) is 139 Å². The van der Waals surface area contributed by atoms with Gasteiger partial charge in [0.1, 0.15) is 0 Å². The van der Waals surface area contributed by atoms with Crippen molar-refractivity contribution in [3.63, 3.8) is 0 Å². The lowest BCUT2D eigenvalue weighted by atomic mass is 10.0. The molecule has 0 N–H and O–H groups in total. The molecule has 5 heteroatoms. The number of pyridine rings is 1. The second-order valence-corrected chi connectivity index (χ2v) is 10.5. The van der Waals surface area contributed by atoms with Crippen molar-refractivity contribution in [1.82, 2.24) is 4.98 Å². The van der Waals surface area contributed by atoms with Crippen molar-refractivity contribution in [2.24, 2.45) is 0 Å². The zero-order valence-corrected chi connectivity index (χ0v) is 20.4. The summed E-state index contributed by atoms with van der Waals surface area (Å²) in [6.07, 6.45) is 0.190. The first-order chi connectivity index (χ1) is 17.6. The molecule has 0 aliphatic heterocycles. The molecule has 36 heavy (non-hydrogen) atoms. The number of hydrogen-bond acceptors (Lipinski definition) is 4. The minimum absolute atomic E-state index is 0.190. The molecule has 1 heterocycles. The third-order valence-corrected chi connectivity index (χ3v) is 7.78. The highest BCUT2D eigenvalue weighted by atomic mass is 32.2. The van der Waals surface area contributed by atoms with Gasteiger partial charge in [0.25, 0.3) is 0 Å². The standard InChI is InChI=1S/C31H25NO3S/c33-36(34,28-19-11-4-12-20-28)31(21-24-13-5-1-6-14-24)35-30-23-27(25-15-7-2-8-16-25)22-29(32-30)26-17-9-3-10-18-26/h1-20,22-23,31H,21H2. The zero-order valence-electron chi connectivity index (χ0n) is 19.6. The van der Waals surface area contributed by atoms with Crippen LogP contribution in [0.1, 0.15) is 5.56 Å². The van der Waals surface area contributed by atoms with Gasteiger partial charge in [0.2, 0.25) is 21.2 Å². The molecular weight excluding hydrogens is 466 g/mol. The Bertz CT molecular complexity index is 1470. The molecule has 0 aliphatic rings. The van der Waals surface area contributed by atoms with Gasteiger partial charge in [-0.25, -0.2) is 13.4 Å². The molecule has 0 saturated heterocycles. The minimum Gasteiger partial charge on any atom is -0.457 e. The molecule has 1 aromatic heterocycles. The third-order valence-electron chi connectivity index (χ3n) is 5.89.